The SMILES string of the molecule is Cc1cc([C@@H]2[C@H](c3ccccn3)NC(=S)N2Cc2ccncc2)c(C)n1-c1cccc(C(=O)O)c1. The molecule has 4 aromatic rings. The maximum Gasteiger partial charge on any atom is 0.335 e. The number of rotatable bonds is 6. The molecule has 1 aromatic carbocycles. The number of aryl methyl sites for hydroxylation is 1. The maximum absolute atomic E-state index is 11.6. The summed E-state index contributed by atoms with van der Waals surface area (Å²) >= 11 is 5.82. The quantitative estimate of drug-likeness (QED) is 0.383. The highest BCUT2D eigenvalue weighted by Gasteiger charge is 2.41. The minimum Gasteiger partial charge on any atom is -0.478 e. The highest BCUT2D eigenvalue weighted by atomic mass is 32.1. The highest BCUT2D eigenvalue weighted by molar-refractivity contribution is 7.80. The van der Waals surface area contributed by atoms with Crippen LogP contribution in [0.15, 0.2) is 79.3 Å². The molecule has 5 rings (SSSR count). The molecule has 35 heavy (non-hydrogen) atoms. The molecule has 0 spiro atoms. The largest absolute Gasteiger partial charge is 0.478 e. The third-order valence-electron chi connectivity index (χ3n) is 6.44. The lowest BCUT2D eigenvalue weighted by molar-refractivity contribution is 0.0697. The topological polar surface area (TPSA) is 83.3 Å². The van der Waals surface area contributed by atoms with Crippen molar-refractivity contribution in [1.82, 2.24) is 24.8 Å². The Morgan fingerprint density at radius 3 is 2.57 bits per heavy atom. The van der Waals surface area contributed by atoms with Gasteiger partial charge in [0, 0.05) is 42.2 Å². The van der Waals surface area contributed by atoms with Gasteiger partial charge in [0.15, 0.2) is 5.11 Å². The van der Waals surface area contributed by atoms with Gasteiger partial charge in [0.2, 0.25) is 0 Å². The first-order valence-electron chi connectivity index (χ1n) is 11.3. The first kappa shape index (κ1) is 22.7. The van der Waals surface area contributed by atoms with Crippen molar-refractivity contribution in [2.45, 2.75) is 32.5 Å². The van der Waals surface area contributed by atoms with Crippen LogP contribution in [0, 0.1) is 13.8 Å². The molecule has 7 nitrogen and oxygen atoms in total. The van der Waals surface area contributed by atoms with E-state index in [1.807, 2.05) is 43.3 Å². The Hall–Kier alpha value is -4.04. The van der Waals surface area contributed by atoms with Gasteiger partial charge in [-0.05, 0) is 85.7 Å². The predicted molar refractivity (Wildman–Crippen MR) is 137 cm³/mol. The van der Waals surface area contributed by atoms with Crippen LogP contribution >= 0.6 is 12.2 Å². The molecule has 1 saturated heterocycles. The number of hydrogen-bond donors (Lipinski definition) is 2. The zero-order valence-corrected chi connectivity index (χ0v) is 20.2. The van der Waals surface area contributed by atoms with Gasteiger partial charge in [-0.3, -0.25) is 9.97 Å². The fourth-order valence-electron chi connectivity index (χ4n) is 4.86. The van der Waals surface area contributed by atoms with Gasteiger partial charge in [-0.25, -0.2) is 4.79 Å². The maximum atomic E-state index is 11.6. The second-order valence-corrected chi connectivity index (χ2v) is 9.01. The number of carboxylic acid groups (broad SMARTS) is 1. The molecule has 0 unspecified atom stereocenters. The Balaban J connectivity index is 1.62. The number of nitrogens with zero attached hydrogens (tertiary/aromatic N) is 4. The number of benzene rings is 1. The number of aromatic carboxylic acids is 1. The molecule has 2 atom stereocenters. The van der Waals surface area contributed by atoms with Crippen LogP contribution < -0.4 is 5.32 Å². The second kappa shape index (κ2) is 9.31. The molecule has 0 amide bonds. The van der Waals surface area contributed by atoms with Gasteiger partial charge in [0.25, 0.3) is 0 Å². The van der Waals surface area contributed by atoms with E-state index in [1.165, 1.54) is 0 Å². The van der Waals surface area contributed by atoms with E-state index < -0.39 is 5.97 Å². The lowest BCUT2D eigenvalue weighted by atomic mass is 9.96. The Morgan fingerprint density at radius 2 is 1.86 bits per heavy atom. The average molecular weight is 484 g/mol. The number of aromatic nitrogens is 3. The lowest BCUT2D eigenvalue weighted by Gasteiger charge is -2.28. The molecule has 176 valence electrons. The molecule has 1 fully saturated rings. The molecule has 3 aromatic heterocycles. The summed E-state index contributed by atoms with van der Waals surface area (Å²) in [4.78, 5) is 22.5. The molecular weight excluding hydrogens is 458 g/mol. The first-order valence-corrected chi connectivity index (χ1v) is 11.7. The lowest BCUT2D eigenvalue weighted by Crippen LogP contribution is -2.29. The number of nitrogens with one attached hydrogen (secondary N) is 1. The number of carbonyl (C=O) groups is 1. The summed E-state index contributed by atoms with van der Waals surface area (Å²) in [6.07, 6.45) is 5.37. The van der Waals surface area contributed by atoms with E-state index in [-0.39, 0.29) is 17.6 Å². The average Bonchev–Trinajstić information content (AvgIpc) is 3.35. The van der Waals surface area contributed by atoms with Crippen LogP contribution in [0.3, 0.4) is 0 Å². The summed E-state index contributed by atoms with van der Waals surface area (Å²) in [5.41, 5.74) is 6.25. The number of pyridine rings is 2. The summed E-state index contributed by atoms with van der Waals surface area (Å²) in [5, 5.41) is 13.7. The van der Waals surface area contributed by atoms with Crippen LogP contribution in [0.2, 0.25) is 0 Å². The minimum absolute atomic E-state index is 0.104. The van der Waals surface area contributed by atoms with Crippen LogP contribution in [0.4, 0.5) is 0 Å². The van der Waals surface area contributed by atoms with Gasteiger partial charge in [0.1, 0.15) is 0 Å². The van der Waals surface area contributed by atoms with E-state index in [0.717, 1.165) is 33.9 Å². The smallest absolute Gasteiger partial charge is 0.335 e. The van der Waals surface area contributed by atoms with Crippen molar-refractivity contribution in [3.8, 4) is 5.69 Å². The summed E-state index contributed by atoms with van der Waals surface area (Å²) in [7, 11) is 0. The first-order chi connectivity index (χ1) is 16.9. The van der Waals surface area contributed by atoms with Crippen molar-refractivity contribution >= 4 is 23.3 Å². The van der Waals surface area contributed by atoms with Crippen LogP contribution in [-0.2, 0) is 6.54 Å². The van der Waals surface area contributed by atoms with Gasteiger partial charge in [-0.15, -0.1) is 0 Å². The van der Waals surface area contributed by atoms with Crippen LogP contribution in [0.1, 0.15) is 50.7 Å². The van der Waals surface area contributed by atoms with Crippen LogP contribution in [-0.4, -0.2) is 35.6 Å². The predicted octanol–water partition coefficient (Wildman–Crippen LogP) is 4.76. The Labute approximate surface area is 209 Å². The molecule has 0 saturated carbocycles. The highest BCUT2D eigenvalue weighted by Crippen LogP contribution is 2.42. The van der Waals surface area contributed by atoms with E-state index in [2.05, 4.69) is 37.7 Å². The Morgan fingerprint density at radius 1 is 1.06 bits per heavy atom. The number of hydrogen-bond acceptors (Lipinski definition) is 4. The van der Waals surface area contributed by atoms with Crippen LogP contribution in [0.25, 0.3) is 5.69 Å². The fraction of sp³-hybridized carbons (Fsp3) is 0.185. The molecule has 1 aliphatic rings. The molecule has 2 N–H and O–H groups in total. The zero-order chi connectivity index (χ0) is 24.5. The molecule has 0 radical (unpaired) electrons. The van der Waals surface area contributed by atoms with E-state index in [9.17, 15) is 9.90 Å². The van der Waals surface area contributed by atoms with Crippen molar-refractivity contribution in [3.63, 3.8) is 0 Å². The van der Waals surface area contributed by atoms with Crippen molar-refractivity contribution in [2.24, 2.45) is 0 Å². The number of carboxylic acids is 1. The van der Waals surface area contributed by atoms with Gasteiger partial charge in [0.05, 0.1) is 23.3 Å². The monoisotopic (exact) mass is 483 g/mol. The Kier molecular flexibility index (Phi) is 6.05. The van der Waals surface area contributed by atoms with E-state index in [0.29, 0.717) is 11.7 Å². The van der Waals surface area contributed by atoms with E-state index in [4.69, 9.17) is 12.2 Å². The zero-order valence-electron chi connectivity index (χ0n) is 19.4. The van der Waals surface area contributed by atoms with Gasteiger partial charge >= 0.3 is 5.97 Å². The summed E-state index contributed by atoms with van der Waals surface area (Å²) in [6, 6.07) is 18.8. The van der Waals surface area contributed by atoms with Crippen molar-refractivity contribution < 1.29 is 9.90 Å². The Bertz CT molecular complexity index is 1390. The molecule has 4 heterocycles. The summed E-state index contributed by atoms with van der Waals surface area (Å²) in [5.74, 6) is -0.946. The van der Waals surface area contributed by atoms with Gasteiger partial charge < -0.3 is 19.9 Å². The summed E-state index contributed by atoms with van der Waals surface area (Å²) in [6.45, 7) is 4.73. The van der Waals surface area contributed by atoms with E-state index in [1.54, 1.807) is 36.8 Å². The van der Waals surface area contributed by atoms with E-state index >= 15 is 0 Å². The number of thiocarbonyl (C=S) groups is 1. The molecule has 0 aliphatic carbocycles. The second-order valence-electron chi connectivity index (χ2n) is 8.63. The molecular formula is C27H25N5O2S. The normalized spacial score (nSPS) is 17.4. The van der Waals surface area contributed by atoms with Crippen molar-refractivity contribution in [2.75, 3.05) is 0 Å². The summed E-state index contributed by atoms with van der Waals surface area (Å²) < 4.78 is 2.10. The van der Waals surface area contributed by atoms with Crippen molar-refractivity contribution in [3.05, 3.63) is 113 Å². The molecule has 8 heteroatoms. The minimum atomic E-state index is -0.946. The molecule has 0 bridgehead atoms. The van der Waals surface area contributed by atoms with Crippen LogP contribution in [0.5, 0.6) is 0 Å². The van der Waals surface area contributed by atoms with Gasteiger partial charge in [-0.2, -0.15) is 0 Å². The van der Waals surface area contributed by atoms with Crippen molar-refractivity contribution in [1.29, 1.82) is 0 Å². The third-order valence-corrected chi connectivity index (χ3v) is 6.79. The molecule has 1 aliphatic heterocycles. The third kappa shape index (κ3) is 4.28. The standard InChI is InChI=1S/C27H25N5O2S/c1-17-14-22(18(2)32(17)21-7-5-6-20(15-21)26(33)34)25-24(23-8-3-4-11-29-23)30-27(35)31(25)16-19-9-12-28-13-10-19/h3-15,24-25H,16H2,1-2H3,(H,30,35)(H,33,34)/t24-,25+/m0/s1. The fourth-order valence-corrected chi connectivity index (χ4v) is 5.17. The van der Waals surface area contributed by atoms with Gasteiger partial charge in [-0.1, -0.05) is 12.1 Å².